The highest BCUT2D eigenvalue weighted by molar-refractivity contribution is 7.90. The third-order valence-electron chi connectivity index (χ3n) is 13.5. The van der Waals surface area contributed by atoms with Crippen LogP contribution in [-0.4, -0.2) is 82.8 Å². The van der Waals surface area contributed by atoms with Crippen LogP contribution < -0.4 is 14.4 Å². The SMILES string of the molecule is C[C@@H]1[C@@H](C)CCC[C@@H](C2OCC(N(C)C3CC3)CO2)[C@@H]2CC[C@H]2CN2C[C@@]3(CCCc4cc(Cl)ccc43)COc3ccc(cc32)C(=O)NS1(=O)=O. The van der Waals surface area contributed by atoms with Crippen molar-refractivity contribution < 1.29 is 27.4 Å². The molecule has 278 valence electrons. The van der Waals surface area contributed by atoms with Crippen molar-refractivity contribution in [2.75, 3.05) is 44.9 Å². The Morgan fingerprint density at radius 1 is 0.941 bits per heavy atom. The number of sulfonamides is 1. The third kappa shape index (κ3) is 7.05. The molecule has 2 bridgehead atoms. The Hall–Kier alpha value is -2.37. The van der Waals surface area contributed by atoms with Crippen LogP contribution in [0.3, 0.4) is 0 Å². The predicted octanol–water partition coefficient (Wildman–Crippen LogP) is 6.56. The molecule has 51 heavy (non-hydrogen) atoms. The minimum atomic E-state index is -3.90. The molecule has 1 spiro atoms. The van der Waals surface area contributed by atoms with Gasteiger partial charge in [0.25, 0.3) is 5.91 Å². The Morgan fingerprint density at radius 2 is 1.75 bits per heavy atom. The van der Waals surface area contributed by atoms with Crippen LogP contribution in [-0.2, 0) is 31.3 Å². The third-order valence-corrected chi connectivity index (χ3v) is 15.6. The first kappa shape index (κ1) is 35.6. The van der Waals surface area contributed by atoms with Crippen LogP contribution in [0, 0.1) is 23.7 Å². The van der Waals surface area contributed by atoms with E-state index in [9.17, 15) is 13.2 Å². The van der Waals surface area contributed by atoms with Crippen molar-refractivity contribution in [3.63, 3.8) is 0 Å². The Bertz CT molecular complexity index is 1730. The zero-order valence-corrected chi connectivity index (χ0v) is 31.9. The first-order valence-corrected chi connectivity index (χ1v) is 21.3. The van der Waals surface area contributed by atoms with Crippen LogP contribution in [0.4, 0.5) is 5.69 Å². The maximum Gasteiger partial charge on any atom is 0.264 e. The van der Waals surface area contributed by atoms with Gasteiger partial charge in [0.1, 0.15) is 5.75 Å². The summed E-state index contributed by atoms with van der Waals surface area (Å²) in [4.78, 5) is 18.5. The van der Waals surface area contributed by atoms with Crippen LogP contribution in [0.15, 0.2) is 36.4 Å². The molecule has 6 aliphatic rings. The summed E-state index contributed by atoms with van der Waals surface area (Å²) in [7, 11) is -1.71. The van der Waals surface area contributed by atoms with E-state index in [1.54, 1.807) is 13.0 Å². The predicted molar refractivity (Wildman–Crippen MR) is 199 cm³/mol. The molecule has 9 nitrogen and oxygen atoms in total. The standard InChI is InChI=1S/C40H54ClN3O6S/c1-25-6-4-8-34(39-48-21-32(22-49-39)43(3)31-12-13-31)33-14-9-29(33)20-44-23-40(17-5-7-27-18-30(41)11-15-35(27)40)24-50-37-16-10-28(19-36(37)44)38(45)42-51(46,47)26(25)2/h10-11,15-16,18-19,25-26,29,31-34,39H,4-9,12-14,17,20-24H2,1-3H3,(H,42,45)/t25-,26+,29-,32?,33+,34+,39?,40-/m0/s1. The zero-order valence-electron chi connectivity index (χ0n) is 30.3. The maximum atomic E-state index is 13.6. The van der Waals surface area contributed by atoms with Crippen molar-refractivity contribution in [2.24, 2.45) is 23.7 Å². The lowest BCUT2D eigenvalue weighted by Gasteiger charge is -2.49. The number of hydrogen-bond donors (Lipinski definition) is 1. The second-order valence-electron chi connectivity index (χ2n) is 16.6. The Balaban J connectivity index is 1.14. The van der Waals surface area contributed by atoms with E-state index >= 15 is 0 Å². The van der Waals surface area contributed by atoms with Crippen molar-refractivity contribution >= 4 is 33.2 Å². The van der Waals surface area contributed by atoms with Crippen molar-refractivity contribution in [1.29, 1.82) is 0 Å². The molecule has 1 amide bonds. The van der Waals surface area contributed by atoms with Crippen molar-refractivity contribution in [3.05, 3.63) is 58.1 Å². The average molecular weight is 740 g/mol. The molecule has 3 aliphatic heterocycles. The fourth-order valence-corrected chi connectivity index (χ4v) is 11.2. The maximum absolute atomic E-state index is 13.6. The van der Waals surface area contributed by atoms with Crippen molar-refractivity contribution in [2.45, 2.75) is 107 Å². The minimum absolute atomic E-state index is 0.119. The van der Waals surface area contributed by atoms with E-state index in [0.29, 0.717) is 43.3 Å². The van der Waals surface area contributed by atoms with Crippen LogP contribution in [0.2, 0.25) is 5.02 Å². The molecule has 0 aromatic heterocycles. The van der Waals surface area contributed by atoms with Gasteiger partial charge in [-0.2, -0.15) is 0 Å². The minimum Gasteiger partial charge on any atom is -0.490 e. The fourth-order valence-electron chi connectivity index (χ4n) is 9.74. The highest BCUT2D eigenvalue weighted by Gasteiger charge is 2.47. The molecule has 0 radical (unpaired) electrons. The monoisotopic (exact) mass is 739 g/mol. The van der Waals surface area contributed by atoms with Crippen molar-refractivity contribution in [3.8, 4) is 5.75 Å². The molecule has 2 saturated carbocycles. The van der Waals surface area contributed by atoms with E-state index in [2.05, 4.69) is 33.7 Å². The Labute approximate surface area is 308 Å². The molecule has 3 heterocycles. The molecule has 0 unspecified atom stereocenters. The van der Waals surface area contributed by atoms with E-state index in [-0.39, 0.29) is 29.6 Å². The second kappa shape index (κ2) is 14.1. The summed E-state index contributed by atoms with van der Waals surface area (Å²) in [5, 5.41) is 0.0366. The molecule has 11 heteroatoms. The molecule has 1 saturated heterocycles. The molecule has 8 rings (SSSR count). The number of halogens is 1. The van der Waals surface area contributed by atoms with Gasteiger partial charge < -0.3 is 19.1 Å². The summed E-state index contributed by atoms with van der Waals surface area (Å²) < 4.78 is 49.4. The van der Waals surface area contributed by atoms with Crippen LogP contribution in [0.5, 0.6) is 5.75 Å². The van der Waals surface area contributed by atoms with Crippen LogP contribution >= 0.6 is 11.6 Å². The fraction of sp³-hybridized carbons (Fsp3) is 0.675. The summed E-state index contributed by atoms with van der Waals surface area (Å²) in [6, 6.07) is 12.6. The topological polar surface area (TPSA) is 97.4 Å². The second-order valence-corrected chi connectivity index (χ2v) is 19.1. The molecule has 2 aromatic carbocycles. The number of likely N-dealkylation sites (N-methyl/N-ethyl adjacent to an activating group) is 1. The molecule has 3 aliphatic carbocycles. The Morgan fingerprint density at radius 3 is 2.49 bits per heavy atom. The number of carbonyl (C=O) groups excluding carboxylic acids is 1. The lowest BCUT2D eigenvalue weighted by Crippen LogP contribution is -2.52. The molecule has 1 N–H and O–H groups in total. The largest absolute Gasteiger partial charge is 0.490 e. The number of fused-ring (bicyclic) bond motifs is 4. The smallest absolute Gasteiger partial charge is 0.264 e. The van der Waals surface area contributed by atoms with E-state index < -0.39 is 21.2 Å². The van der Waals surface area contributed by atoms with Crippen LogP contribution in [0.1, 0.15) is 93.1 Å². The van der Waals surface area contributed by atoms with Gasteiger partial charge in [0, 0.05) is 41.1 Å². The number of benzene rings is 2. The number of rotatable bonds is 3. The molecular formula is C40H54ClN3O6S. The first-order valence-electron chi connectivity index (χ1n) is 19.3. The first-order chi connectivity index (χ1) is 24.5. The quantitative estimate of drug-likeness (QED) is 0.379. The van der Waals surface area contributed by atoms with Gasteiger partial charge >= 0.3 is 0 Å². The summed E-state index contributed by atoms with van der Waals surface area (Å²) in [5.74, 6) is 1.08. The molecule has 2 aromatic rings. The van der Waals surface area contributed by atoms with E-state index in [0.717, 1.165) is 80.9 Å². The highest BCUT2D eigenvalue weighted by Crippen LogP contribution is 2.49. The molecule has 3 fully saturated rings. The molecular weight excluding hydrogens is 686 g/mol. The van der Waals surface area contributed by atoms with Crippen LogP contribution in [0.25, 0.3) is 0 Å². The number of anilines is 1. The van der Waals surface area contributed by atoms with Gasteiger partial charge in [0.15, 0.2) is 6.29 Å². The number of amides is 1. The number of aryl methyl sites for hydroxylation is 1. The van der Waals surface area contributed by atoms with Gasteiger partial charge in [-0.25, -0.2) is 13.1 Å². The average Bonchev–Trinajstić information content (AvgIpc) is 3.97. The summed E-state index contributed by atoms with van der Waals surface area (Å²) in [6.45, 7) is 7.15. The number of hydrogen-bond acceptors (Lipinski definition) is 8. The zero-order chi connectivity index (χ0) is 35.5. The highest BCUT2D eigenvalue weighted by atomic mass is 35.5. The van der Waals surface area contributed by atoms with Crippen molar-refractivity contribution in [1.82, 2.24) is 9.62 Å². The van der Waals surface area contributed by atoms with Gasteiger partial charge in [-0.1, -0.05) is 31.0 Å². The lowest BCUT2D eigenvalue weighted by molar-refractivity contribution is -0.242. The van der Waals surface area contributed by atoms with Gasteiger partial charge in [-0.3, -0.25) is 9.69 Å². The normalized spacial score (nSPS) is 35.5. The van der Waals surface area contributed by atoms with Gasteiger partial charge in [0.05, 0.1) is 36.8 Å². The van der Waals surface area contributed by atoms with E-state index in [1.165, 1.54) is 24.0 Å². The number of nitrogens with zero attached hydrogens (tertiary/aromatic N) is 2. The molecule has 6 atom stereocenters. The van der Waals surface area contributed by atoms with Gasteiger partial charge in [-0.15, -0.1) is 0 Å². The summed E-state index contributed by atoms with van der Waals surface area (Å²) >= 11 is 6.49. The summed E-state index contributed by atoms with van der Waals surface area (Å²) in [5.41, 5.74) is 3.51. The Kier molecular flexibility index (Phi) is 9.87. The lowest BCUT2D eigenvalue weighted by atomic mass is 9.64. The number of ether oxygens (including phenoxy) is 3. The van der Waals surface area contributed by atoms with E-state index in [4.69, 9.17) is 25.8 Å². The summed E-state index contributed by atoms with van der Waals surface area (Å²) in [6.07, 6.45) is 10.1. The number of carbonyl (C=O) groups is 1. The number of nitrogens with one attached hydrogen (secondary N) is 1. The van der Waals surface area contributed by atoms with E-state index in [1.807, 2.05) is 25.1 Å². The van der Waals surface area contributed by atoms with Gasteiger partial charge in [-0.05, 0) is 131 Å². The van der Waals surface area contributed by atoms with Gasteiger partial charge in [0.2, 0.25) is 10.0 Å².